The summed E-state index contributed by atoms with van der Waals surface area (Å²) in [4.78, 5) is 8.67. The fraction of sp³-hybridized carbons (Fsp3) is 0.476. The first-order valence-electron chi connectivity index (χ1n) is 10.5. The number of methoxy groups -OCH3 is 1. The highest BCUT2D eigenvalue weighted by Gasteiger charge is 2.17. The van der Waals surface area contributed by atoms with Crippen molar-refractivity contribution < 1.29 is 4.74 Å². The zero-order valence-corrected chi connectivity index (χ0v) is 17.6. The predicted molar refractivity (Wildman–Crippen MR) is 119 cm³/mol. The maximum atomic E-state index is 5.89. The summed E-state index contributed by atoms with van der Waals surface area (Å²) in [6.45, 7) is 6.44. The minimum absolute atomic E-state index is 0.247. The van der Waals surface area contributed by atoms with E-state index in [1.54, 1.807) is 7.11 Å². The van der Waals surface area contributed by atoms with Crippen molar-refractivity contribution >= 4 is 22.8 Å². The number of anilines is 2. The van der Waals surface area contributed by atoms with Gasteiger partial charge in [0, 0.05) is 37.8 Å². The summed E-state index contributed by atoms with van der Waals surface area (Å²) < 4.78 is 7.54. The van der Waals surface area contributed by atoms with Gasteiger partial charge >= 0.3 is 0 Å². The number of unbranched alkanes of at least 4 members (excludes halogenated alkanes) is 1. The summed E-state index contributed by atoms with van der Waals surface area (Å²) in [6, 6.07) is 6.67. The molecule has 30 heavy (non-hydrogen) atoms. The lowest BCUT2D eigenvalue weighted by molar-refractivity contribution is 0.401. The van der Waals surface area contributed by atoms with Crippen LogP contribution in [0.4, 0.5) is 11.8 Å². The highest BCUT2D eigenvalue weighted by molar-refractivity contribution is 5.85. The van der Waals surface area contributed by atoms with Crippen LogP contribution >= 0.6 is 0 Å². The number of hydrogen-bond donors (Lipinski definition) is 4. The number of aromatic nitrogens is 4. The Kier molecular flexibility index (Phi) is 6.29. The first-order valence-corrected chi connectivity index (χ1v) is 10.5. The van der Waals surface area contributed by atoms with Crippen molar-refractivity contribution in [2.24, 2.45) is 0 Å². The number of nitrogens with two attached hydrogens (primary N) is 1. The molecule has 1 aromatic carbocycles. The number of piperazine rings is 1. The highest BCUT2D eigenvalue weighted by atomic mass is 16.5. The third-order valence-corrected chi connectivity index (χ3v) is 5.34. The van der Waals surface area contributed by atoms with Gasteiger partial charge in [-0.25, -0.2) is 4.98 Å². The largest absolute Gasteiger partial charge is 0.496 e. The van der Waals surface area contributed by atoms with E-state index in [0.29, 0.717) is 18.4 Å². The Morgan fingerprint density at radius 1 is 1.30 bits per heavy atom. The van der Waals surface area contributed by atoms with Gasteiger partial charge in [-0.3, -0.25) is 4.68 Å². The van der Waals surface area contributed by atoms with Crippen LogP contribution in [-0.4, -0.2) is 53.0 Å². The summed E-state index contributed by atoms with van der Waals surface area (Å²) >= 11 is 0. The van der Waals surface area contributed by atoms with Crippen LogP contribution in [0.5, 0.6) is 5.75 Å². The molecular weight excluding hydrogens is 380 g/mol. The Hall–Kier alpha value is -2.91. The Balaban J connectivity index is 1.58. The monoisotopic (exact) mass is 410 g/mol. The number of nitrogen functional groups attached to an aromatic ring is 1. The van der Waals surface area contributed by atoms with Crippen molar-refractivity contribution in [2.45, 2.75) is 32.4 Å². The van der Waals surface area contributed by atoms with Crippen molar-refractivity contribution in [3.8, 4) is 5.75 Å². The number of nitrogens with zero attached hydrogens (tertiary/aromatic N) is 4. The van der Waals surface area contributed by atoms with E-state index in [4.69, 9.17) is 15.6 Å². The van der Waals surface area contributed by atoms with E-state index in [-0.39, 0.29) is 5.95 Å². The lowest BCUT2D eigenvalue weighted by atomic mass is 10.0. The molecule has 2 aromatic heterocycles. The van der Waals surface area contributed by atoms with Crippen molar-refractivity contribution in [3.63, 3.8) is 0 Å². The molecule has 0 spiro atoms. The molecule has 1 aliphatic rings. The highest BCUT2D eigenvalue weighted by Crippen LogP contribution is 2.26. The average molecular weight is 411 g/mol. The molecule has 1 atom stereocenters. The lowest BCUT2D eigenvalue weighted by Gasteiger charge is -2.25. The summed E-state index contributed by atoms with van der Waals surface area (Å²) in [6.07, 6.45) is 4.06. The van der Waals surface area contributed by atoms with Crippen LogP contribution in [0.3, 0.4) is 0 Å². The number of fused-ring (bicyclic) bond motifs is 1. The number of hydrogen-bond acceptors (Lipinski definition) is 8. The summed E-state index contributed by atoms with van der Waals surface area (Å²) in [5.74, 6) is 1.78. The second kappa shape index (κ2) is 9.27. The molecule has 0 radical (unpaired) electrons. The average Bonchev–Trinajstić information content (AvgIpc) is 3.17. The van der Waals surface area contributed by atoms with Gasteiger partial charge < -0.3 is 26.4 Å². The quantitative estimate of drug-likeness (QED) is 0.416. The second-order valence-corrected chi connectivity index (χ2v) is 7.55. The normalized spacial score (nSPS) is 16.7. The molecule has 9 nitrogen and oxygen atoms in total. The molecule has 9 heteroatoms. The summed E-state index contributed by atoms with van der Waals surface area (Å²) in [5.41, 5.74) is 9.63. The molecule has 0 bridgehead atoms. The molecule has 3 heterocycles. The summed E-state index contributed by atoms with van der Waals surface area (Å²) in [7, 11) is 1.71. The van der Waals surface area contributed by atoms with Crippen molar-refractivity contribution in [2.75, 3.05) is 44.3 Å². The Bertz CT molecular complexity index is 996. The third-order valence-electron chi connectivity index (χ3n) is 5.34. The molecule has 3 aromatic rings. The van der Waals surface area contributed by atoms with Gasteiger partial charge in [0.2, 0.25) is 5.95 Å². The van der Waals surface area contributed by atoms with Crippen LogP contribution in [-0.2, 0) is 6.54 Å². The SMILES string of the molecule is CCCCNc1nc(N)nc2cn(Cc3ccc([C@@H]4CNCCN4)cc3OC)nc12. The van der Waals surface area contributed by atoms with Gasteiger partial charge in [-0.2, -0.15) is 10.1 Å². The van der Waals surface area contributed by atoms with Gasteiger partial charge in [0.1, 0.15) is 11.3 Å². The van der Waals surface area contributed by atoms with Crippen LogP contribution in [0, 0.1) is 0 Å². The van der Waals surface area contributed by atoms with Crippen molar-refractivity contribution in [3.05, 3.63) is 35.5 Å². The minimum Gasteiger partial charge on any atom is -0.496 e. The van der Waals surface area contributed by atoms with Crippen LogP contribution < -0.4 is 26.4 Å². The molecule has 1 saturated heterocycles. The van der Waals surface area contributed by atoms with E-state index < -0.39 is 0 Å². The Labute approximate surface area is 176 Å². The van der Waals surface area contributed by atoms with E-state index in [1.165, 1.54) is 5.56 Å². The van der Waals surface area contributed by atoms with Gasteiger partial charge in [0.05, 0.1) is 19.9 Å². The van der Waals surface area contributed by atoms with Gasteiger partial charge in [-0.15, -0.1) is 0 Å². The first-order chi connectivity index (χ1) is 14.7. The van der Waals surface area contributed by atoms with E-state index in [1.807, 2.05) is 10.9 Å². The maximum absolute atomic E-state index is 5.89. The molecule has 0 amide bonds. The van der Waals surface area contributed by atoms with Crippen LogP contribution in [0.25, 0.3) is 11.0 Å². The van der Waals surface area contributed by atoms with Gasteiger partial charge in [0.25, 0.3) is 0 Å². The minimum atomic E-state index is 0.247. The smallest absolute Gasteiger partial charge is 0.222 e. The Morgan fingerprint density at radius 3 is 2.97 bits per heavy atom. The van der Waals surface area contributed by atoms with E-state index in [9.17, 15) is 0 Å². The molecule has 5 N–H and O–H groups in total. The van der Waals surface area contributed by atoms with Crippen molar-refractivity contribution in [1.29, 1.82) is 0 Å². The summed E-state index contributed by atoms with van der Waals surface area (Å²) in [5, 5.41) is 15.0. The first kappa shape index (κ1) is 20.4. The molecule has 0 unspecified atom stereocenters. The van der Waals surface area contributed by atoms with Gasteiger partial charge in [-0.05, 0) is 18.1 Å². The molecule has 0 aliphatic carbocycles. The van der Waals surface area contributed by atoms with Crippen LogP contribution in [0.2, 0.25) is 0 Å². The fourth-order valence-electron chi connectivity index (χ4n) is 3.74. The van der Waals surface area contributed by atoms with Crippen molar-refractivity contribution in [1.82, 2.24) is 30.4 Å². The van der Waals surface area contributed by atoms with E-state index in [0.717, 1.165) is 61.4 Å². The Morgan fingerprint density at radius 2 is 2.20 bits per heavy atom. The molecule has 1 aliphatic heterocycles. The standard InChI is InChI=1S/C21H30N8O/c1-3-4-7-25-20-19-17(26-21(22)27-20)13-29(28-19)12-15-6-5-14(10-18(15)30-2)16-11-23-8-9-24-16/h5-6,10,13,16,23-24H,3-4,7-9,11-12H2,1-2H3,(H3,22,25,26,27)/t16-/m0/s1. The number of rotatable bonds is 8. The molecule has 160 valence electrons. The van der Waals surface area contributed by atoms with Crippen LogP contribution in [0.15, 0.2) is 24.4 Å². The fourth-order valence-corrected chi connectivity index (χ4v) is 3.74. The van der Waals surface area contributed by atoms with Crippen LogP contribution in [0.1, 0.15) is 36.9 Å². The third kappa shape index (κ3) is 4.47. The number of nitrogens with one attached hydrogen (secondary N) is 3. The zero-order chi connectivity index (χ0) is 20.9. The molecule has 4 rings (SSSR count). The molecular formula is C21H30N8O. The molecule has 1 fully saturated rings. The topological polar surface area (TPSA) is 115 Å². The van der Waals surface area contributed by atoms with E-state index in [2.05, 4.69) is 51.0 Å². The number of benzene rings is 1. The maximum Gasteiger partial charge on any atom is 0.222 e. The zero-order valence-electron chi connectivity index (χ0n) is 17.6. The molecule has 0 saturated carbocycles. The van der Waals surface area contributed by atoms with E-state index >= 15 is 0 Å². The predicted octanol–water partition coefficient (Wildman–Crippen LogP) is 1.91. The lowest BCUT2D eigenvalue weighted by Crippen LogP contribution is -2.42. The van der Waals surface area contributed by atoms with Gasteiger partial charge in [0.15, 0.2) is 11.3 Å². The van der Waals surface area contributed by atoms with Gasteiger partial charge in [-0.1, -0.05) is 25.5 Å². The second-order valence-electron chi connectivity index (χ2n) is 7.55. The number of ether oxygens (including phenoxy) is 1.